The number of hydrogen-bond acceptors (Lipinski definition) is 5. The van der Waals surface area contributed by atoms with Crippen LogP contribution in [0.4, 0.5) is 0 Å². The van der Waals surface area contributed by atoms with Crippen molar-refractivity contribution < 1.29 is 24.2 Å². The summed E-state index contributed by atoms with van der Waals surface area (Å²) < 4.78 is 10.6. The molecule has 5 nitrogen and oxygen atoms in total. The molecule has 0 radical (unpaired) electrons. The zero-order chi connectivity index (χ0) is 43.5. The molecular formula is C55H88O5. The predicted molar refractivity (Wildman–Crippen MR) is 260 cm³/mol. The molecule has 0 aliphatic carbocycles. The van der Waals surface area contributed by atoms with E-state index in [4.69, 9.17) is 9.47 Å². The Morgan fingerprint density at radius 2 is 0.700 bits per heavy atom. The van der Waals surface area contributed by atoms with Crippen LogP contribution in [-0.2, 0) is 19.1 Å². The van der Waals surface area contributed by atoms with E-state index in [0.717, 1.165) is 83.5 Å². The van der Waals surface area contributed by atoms with Gasteiger partial charge in [0.05, 0.1) is 6.61 Å². The molecule has 338 valence electrons. The normalized spacial score (nSPS) is 13.3. The number of esters is 2. The molecule has 5 heteroatoms. The molecule has 0 aromatic rings. The summed E-state index contributed by atoms with van der Waals surface area (Å²) in [5, 5.41) is 9.60. The molecular weight excluding hydrogens is 741 g/mol. The second kappa shape index (κ2) is 49.7. The van der Waals surface area contributed by atoms with Crippen LogP contribution in [0.5, 0.6) is 0 Å². The van der Waals surface area contributed by atoms with E-state index < -0.39 is 12.1 Å². The van der Waals surface area contributed by atoms with E-state index in [2.05, 4.69) is 123 Å². The van der Waals surface area contributed by atoms with E-state index in [9.17, 15) is 14.7 Å². The molecule has 1 unspecified atom stereocenters. The second-order valence-corrected chi connectivity index (χ2v) is 15.4. The summed E-state index contributed by atoms with van der Waals surface area (Å²) in [5.74, 6) is -0.697. The molecule has 0 spiro atoms. The lowest BCUT2D eigenvalue weighted by Crippen LogP contribution is -2.28. The van der Waals surface area contributed by atoms with Crippen LogP contribution < -0.4 is 0 Å². The van der Waals surface area contributed by atoms with Crippen LogP contribution in [0.1, 0.15) is 194 Å². The average molecular weight is 829 g/mol. The maximum absolute atomic E-state index is 12.2. The SMILES string of the molecule is CC/C=C\C/C=C\C/C=C\C/C=C\C/C=C\C/C=C\CCC(=O)OC(CO)COC(=O)CCCCCCCCCCCCCCCC/C=C\C/C=C\C/C=C\C/C=C\CC. The molecule has 0 aromatic heterocycles. The number of aliphatic hydroxyl groups excluding tert-OH is 1. The molecule has 60 heavy (non-hydrogen) atoms. The zero-order valence-electron chi connectivity index (χ0n) is 38.4. The Labute approximate surface area is 369 Å². The van der Waals surface area contributed by atoms with Gasteiger partial charge in [-0.1, -0.05) is 212 Å². The maximum atomic E-state index is 12.2. The van der Waals surface area contributed by atoms with Crippen LogP contribution in [0.25, 0.3) is 0 Å². The van der Waals surface area contributed by atoms with Gasteiger partial charge in [0.1, 0.15) is 6.61 Å². The van der Waals surface area contributed by atoms with Gasteiger partial charge in [-0.05, 0) is 89.9 Å². The van der Waals surface area contributed by atoms with Gasteiger partial charge in [-0.3, -0.25) is 9.59 Å². The van der Waals surface area contributed by atoms with E-state index >= 15 is 0 Å². The Bertz CT molecular complexity index is 1260. The van der Waals surface area contributed by atoms with Crippen molar-refractivity contribution in [3.05, 3.63) is 122 Å². The molecule has 1 atom stereocenters. The van der Waals surface area contributed by atoms with Gasteiger partial charge in [0, 0.05) is 12.8 Å². The fraction of sp³-hybridized carbons (Fsp3) is 0.600. The lowest BCUT2D eigenvalue weighted by atomic mass is 10.0. The monoisotopic (exact) mass is 829 g/mol. The standard InChI is InChI=1S/C55H88O5/c1-3-5-7-9-11-13-15-17-19-21-23-24-25-26-27-28-29-30-32-33-35-37-39-41-43-45-47-49-54(57)59-52-53(51-56)60-55(58)50-48-46-44-42-40-38-36-34-31-22-20-18-16-14-12-10-8-6-4-2/h5-8,11-14,17-20,23-24,31,34,38,40,44,46,53,56H,3-4,9-10,15-16,21-22,25-30,32-33,35-37,39,41-43,45,47-52H2,1-2H3/b7-5-,8-6-,13-11-,14-12-,19-17-,20-18-,24-23-,34-31-,40-38-,46-44-. The summed E-state index contributed by atoms with van der Waals surface area (Å²) in [4.78, 5) is 24.4. The van der Waals surface area contributed by atoms with Crippen molar-refractivity contribution in [3.8, 4) is 0 Å². The van der Waals surface area contributed by atoms with Gasteiger partial charge >= 0.3 is 11.9 Å². The zero-order valence-corrected chi connectivity index (χ0v) is 38.4. The molecule has 0 aromatic carbocycles. The highest BCUT2D eigenvalue weighted by molar-refractivity contribution is 5.70. The summed E-state index contributed by atoms with van der Waals surface area (Å²) in [5.41, 5.74) is 0. The first-order chi connectivity index (χ1) is 29.6. The summed E-state index contributed by atoms with van der Waals surface area (Å²) in [7, 11) is 0. The number of carbonyl (C=O) groups is 2. The van der Waals surface area contributed by atoms with E-state index in [1.807, 2.05) is 12.2 Å². The summed E-state index contributed by atoms with van der Waals surface area (Å²) in [6.45, 7) is 3.84. The average Bonchev–Trinajstić information content (AvgIpc) is 3.25. The first-order valence-electron chi connectivity index (χ1n) is 24.1. The van der Waals surface area contributed by atoms with Crippen molar-refractivity contribution in [3.63, 3.8) is 0 Å². The Balaban J connectivity index is 3.62. The molecule has 1 N–H and O–H groups in total. The van der Waals surface area contributed by atoms with Crippen molar-refractivity contribution in [1.29, 1.82) is 0 Å². The number of rotatable bonds is 42. The van der Waals surface area contributed by atoms with Gasteiger partial charge in [-0.2, -0.15) is 0 Å². The highest BCUT2D eigenvalue weighted by atomic mass is 16.6. The summed E-state index contributed by atoms with van der Waals surface area (Å²) >= 11 is 0. The summed E-state index contributed by atoms with van der Waals surface area (Å²) in [6.07, 6.45) is 73.0. The Hall–Kier alpha value is -3.70. The third-order valence-electron chi connectivity index (χ3n) is 9.76. The lowest BCUT2D eigenvalue weighted by Gasteiger charge is -2.15. The van der Waals surface area contributed by atoms with Gasteiger partial charge < -0.3 is 14.6 Å². The highest BCUT2D eigenvalue weighted by Crippen LogP contribution is 2.14. The first-order valence-corrected chi connectivity index (χ1v) is 24.1. The number of allylic oxidation sites excluding steroid dienone is 20. The van der Waals surface area contributed by atoms with Crippen molar-refractivity contribution in [2.75, 3.05) is 13.2 Å². The number of carbonyl (C=O) groups excluding carboxylic acids is 2. The Morgan fingerprint density at radius 1 is 0.383 bits per heavy atom. The number of hydrogen-bond donors (Lipinski definition) is 1. The van der Waals surface area contributed by atoms with Gasteiger partial charge in [-0.15, -0.1) is 0 Å². The maximum Gasteiger partial charge on any atom is 0.306 e. The largest absolute Gasteiger partial charge is 0.462 e. The third-order valence-corrected chi connectivity index (χ3v) is 9.76. The van der Waals surface area contributed by atoms with Gasteiger partial charge in [-0.25, -0.2) is 0 Å². The molecule has 0 heterocycles. The molecule has 0 bridgehead atoms. The minimum atomic E-state index is -0.821. The minimum absolute atomic E-state index is 0.104. The van der Waals surface area contributed by atoms with Gasteiger partial charge in [0.2, 0.25) is 0 Å². The van der Waals surface area contributed by atoms with Crippen LogP contribution >= 0.6 is 0 Å². The molecule has 0 saturated heterocycles. The lowest BCUT2D eigenvalue weighted by molar-refractivity contribution is -0.161. The van der Waals surface area contributed by atoms with Crippen LogP contribution in [-0.4, -0.2) is 36.4 Å². The first kappa shape index (κ1) is 56.3. The molecule has 0 aliphatic heterocycles. The summed E-state index contributed by atoms with van der Waals surface area (Å²) in [6, 6.07) is 0. The van der Waals surface area contributed by atoms with Gasteiger partial charge in [0.15, 0.2) is 6.10 Å². The van der Waals surface area contributed by atoms with Gasteiger partial charge in [0.25, 0.3) is 0 Å². The van der Waals surface area contributed by atoms with Crippen LogP contribution in [0.15, 0.2) is 122 Å². The third kappa shape index (κ3) is 47.0. The van der Waals surface area contributed by atoms with Crippen molar-refractivity contribution in [2.45, 2.75) is 200 Å². The molecule has 0 fully saturated rings. The fourth-order valence-electron chi connectivity index (χ4n) is 6.22. The minimum Gasteiger partial charge on any atom is -0.462 e. The number of aliphatic hydroxyl groups is 1. The molecule has 0 saturated carbocycles. The van der Waals surface area contributed by atoms with Crippen LogP contribution in [0.3, 0.4) is 0 Å². The molecule has 0 rings (SSSR count). The second-order valence-electron chi connectivity index (χ2n) is 15.4. The van der Waals surface area contributed by atoms with E-state index in [-0.39, 0.29) is 25.6 Å². The highest BCUT2D eigenvalue weighted by Gasteiger charge is 2.15. The topological polar surface area (TPSA) is 72.8 Å². The Kier molecular flexibility index (Phi) is 46.6. The predicted octanol–water partition coefficient (Wildman–Crippen LogP) is 16.0. The van der Waals surface area contributed by atoms with E-state index in [0.29, 0.717) is 12.8 Å². The van der Waals surface area contributed by atoms with Crippen molar-refractivity contribution >= 4 is 11.9 Å². The smallest absolute Gasteiger partial charge is 0.306 e. The van der Waals surface area contributed by atoms with E-state index in [1.165, 1.54) is 77.0 Å². The fourth-order valence-corrected chi connectivity index (χ4v) is 6.22. The molecule has 0 aliphatic rings. The number of unbranched alkanes of at least 4 members (excludes halogenated alkanes) is 14. The van der Waals surface area contributed by atoms with Crippen molar-refractivity contribution in [2.24, 2.45) is 0 Å². The van der Waals surface area contributed by atoms with Crippen molar-refractivity contribution in [1.82, 2.24) is 0 Å². The van der Waals surface area contributed by atoms with E-state index in [1.54, 1.807) is 0 Å². The quantitative estimate of drug-likeness (QED) is 0.0377. The molecule has 0 amide bonds. The van der Waals surface area contributed by atoms with Crippen LogP contribution in [0, 0.1) is 0 Å². The Morgan fingerprint density at radius 3 is 1.07 bits per heavy atom. The number of ether oxygens (including phenoxy) is 2. The van der Waals surface area contributed by atoms with Crippen LogP contribution in [0.2, 0.25) is 0 Å².